The fraction of sp³-hybridized carbons (Fsp3) is 0.222. The average Bonchev–Trinajstić information content (AvgIpc) is 3.41. The predicted octanol–water partition coefficient (Wildman–Crippen LogP) is 3.17. The number of aromatic nitrogens is 6. The molecule has 2 N–H and O–H groups in total. The van der Waals surface area contributed by atoms with Crippen molar-refractivity contribution in [1.29, 1.82) is 0 Å². The van der Waals surface area contributed by atoms with Crippen molar-refractivity contribution in [3.63, 3.8) is 0 Å². The number of anilines is 1. The standard InChI is InChI=1S/C18H17N7O2S/c1-10-3-5-12(6-4-10)15-11(2)28-18(23-15)21-13(26)7-8-14-22-17(25-27-14)16-19-9-20-24-16/h3-6,9H,7-8H2,1-2H3,(H,19,20,24)(H,21,23,26). The topological polar surface area (TPSA) is 122 Å². The van der Waals surface area contributed by atoms with E-state index in [2.05, 4.69) is 35.6 Å². The maximum absolute atomic E-state index is 12.3. The maximum atomic E-state index is 12.3. The molecule has 0 aliphatic rings. The van der Waals surface area contributed by atoms with Gasteiger partial charge in [0.25, 0.3) is 0 Å². The molecule has 0 aliphatic carbocycles. The van der Waals surface area contributed by atoms with Gasteiger partial charge in [0.1, 0.15) is 6.33 Å². The van der Waals surface area contributed by atoms with E-state index in [0.717, 1.165) is 16.1 Å². The minimum atomic E-state index is -0.163. The van der Waals surface area contributed by atoms with Gasteiger partial charge >= 0.3 is 0 Å². The second-order valence-electron chi connectivity index (χ2n) is 6.18. The molecule has 4 aromatic rings. The largest absolute Gasteiger partial charge is 0.339 e. The first-order valence-electron chi connectivity index (χ1n) is 8.61. The summed E-state index contributed by atoms with van der Waals surface area (Å²) < 4.78 is 5.14. The number of hydrogen-bond acceptors (Lipinski definition) is 8. The molecule has 3 aromatic heterocycles. The number of aromatic amines is 1. The summed E-state index contributed by atoms with van der Waals surface area (Å²) in [6, 6.07) is 8.16. The molecule has 3 heterocycles. The molecular formula is C18H17N7O2S. The van der Waals surface area contributed by atoms with Crippen molar-refractivity contribution in [3.05, 3.63) is 46.9 Å². The minimum absolute atomic E-state index is 0.163. The van der Waals surface area contributed by atoms with E-state index in [-0.39, 0.29) is 12.3 Å². The van der Waals surface area contributed by atoms with E-state index in [1.165, 1.54) is 23.2 Å². The number of rotatable bonds is 6. The maximum Gasteiger partial charge on any atom is 0.239 e. The Morgan fingerprint density at radius 1 is 1.21 bits per heavy atom. The Hall–Kier alpha value is -3.40. The van der Waals surface area contributed by atoms with Gasteiger partial charge in [-0.3, -0.25) is 9.89 Å². The molecule has 28 heavy (non-hydrogen) atoms. The summed E-state index contributed by atoms with van der Waals surface area (Å²) >= 11 is 1.45. The Labute approximate surface area is 164 Å². The van der Waals surface area contributed by atoms with Crippen LogP contribution in [0.5, 0.6) is 0 Å². The third kappa shape index (κ3) is 3.96. The molecule has 9 nitrogen and oxygen atoms in total. The van der Waals surface area contributed by atoms with Gasteiger partial charge in [-0.1, -0.05) is 35.0 Å². The number of nitrogens with zero attached hydrogens (tertiary/aromatic N) is 5. The van der Waals surface area contributed by atoms with Crippen LogP contribution in [-0.4, -0.2) is 36.2 Å². The highest BCUT2D eigenvalue weighted by Gasteiger charge is 2.15. The monoisotopic (exact) mass is 395 g/mol. The van der Waals surface area contributed by atoms with E-state index in [4.69, 9.17) is 4.52 Å². The number of aryl methyl sites for hydroxylation is 3. The lowest BCUT2D eigenvalue weighted by molar-refractivity contribution is -0.116. The third-order valence-corrected chi connectivity index (χ3v) is 4.92. The number of hydrogen-bond donors (Lipinski definition) is 2. The van der Waals surface area contributed by atoms with Crippen LogP contribution in [0.4, 0.5) is 5.13 Å². The molecule has 1 aromatic carbocycles. The molecule has 142 valence electrons. The summed E-state index contributed by atoms with van der Waals surface area (Å²) in [4.78, 5) is 26.0. The molecule has 0 aliphatic heterocycles. The van der Waals surface area contributed by atoms with Gasteiger partial charge in [-0.2, -0.15) is 10.1 Å². The second-order valence-corrected chi connectivity index (χ2v) is 7.39. The van der Waals surface area contributed by atoms with Crippen LogP contribution in [0.1, 0.15) is 22.8 Å². The highest BCUT2D eigenvalue weighted by Crippen LogP contribution is 2.30. The van der Waals surface area contributed by atoms with Crippen LogP contribution in [0.15, 0.2) is 35.1 Å². The van der Waals surface area contributed by atoms with Crippen molar-refractivity contribution in [2.75, 3.05) is 5.32 Å². The number of thiazole rings is 1. The van der Waals surface area contributed by atoms with E-state index in [1.807, 2.05) is 38.1 Å². The number of amides is 1. The number of H-pyrrole nitrogens is 1. The van der Waals surface area contributed by atoms with Gasteiger partial charge in [0.05, 0.1) is 5.69 Å². The van der Waals surface area contributed by atoms with Crippen LogP contribution < -0.4 is 5.32 Å². The zero-order chi connectivity index (χ0) is 19.5. The fourth-order valence-electron chi connectivity index (χ4n) is 2.60. The van der Waals surface area contributed by atoms with E-state index < -0.39 is 0 Å². The zero-order valence-electron chi connectivity index (χ0n) is 15.3. The smallest absolute Gasteiger partial charge is 0.239 e. The fourth-order valence-corrected chi connectivity index (χ4v) is 3.45. The molecule has 0 fully saturated rings. The molecule has 0 unspecified atom stereocenters. The van der Waals surface area contributed by atoms with Crippen LogP contribution in [0.2, 0.25) is 0 Å². The normalized spacial score (nSPS) is 10.9. The molecule has 0 spiro atoms. The molecule has 0 atom stereocenters. The van der Waals surface area contributed by atoms with E-state index in [1.54, 1.807) is 0 Å². The van der Waals surface area contributed by atoms with Crippen molar-refractivity contribution < 1.29 is 9.32 Å². The quantitative estimate of drug-likeness (QED) is 0.514. The van der Waals surface area contributed by atoms with Gasteiger partial charge in [0.2, 0.25) is 17.6 Å². The molecule has 0 saturated heterocycles. The summed E-state index contributed by atoms with van der Waals surface area (Å²) in [7, 11) is 0. The van der Waals surface area contributed by atoms with Gasteiger partial charge in [-0.05, 0) is 13.8 Å². The first kappa shape index (κ1) is 18.0. The van der Waals surface area contributed by atoms with Crippen molar-refractivity contribution in [3.8, 4) is 22.9 Å². The van der Waals surface area contributed by atoms with Gasteiger partial charge in [0, 0.05) is 23.3 Å². The summed E-state index contributed by atoms with van der Waals surface area (Å²) in [6.07, 6.45) is 1.89. The lowest BCUT2D eigenvalue weighted by Gasteiger charge is -2.00. The average molecular weight is 395 g/mol. The van der Waals surface area contributed by atoms with Crippen LogP contribution in [0, 0.1) is 13.8 Å². The van der Waals surface area contributed by atoms with Crippen LogP contribution in [-0.2, 0) is 11.2 Å². The number of carbonyl (C=O) groups is 1. The Morgan fingerprint density at radius 2 is 2.04 bits per heavy atom. The third-order valence-electron chi connectivity index (χ3n) is 4.03. The minimum Gasteiger partial charge on any atom is -0.339 e. The van der Waals surface area contributed by atoms with E-state index >= 15 is 0 Å². The molecule has 10 heteroatoms. The van der Waals surface area contributed by atoms with Gasteiger partial charge in [-0.15, -0.1) is 11.3 Å². The summed E-state index contributed by atoms with van der Waals surface area (Å²) in [6.45, 7) is 4.03. The highest BCUT2D eigenvalue weighted by molar-refractivity contribution is 7.16. The van der Waals surface area contributed by atoms with Gasteiger partial charge < -0.3 is 9.84 Å². The van der Waals surface area contributed by atoms with Crippen LogP contribution in [0.3, 0.4) is 0 Å². The second kappa shape index (κ2) is 7.69. The highest BCUT2D eigenvalue weighted by atomic mass is 32.1. The Bertz CT molecular complexity index is 1080. The first-order valence-corrected chi connectivity index (χ1v) is 9.43. The molecule has 0 radical (unpaired) electrons. The summed E-state index contributed by atoms with van der Waals surface area (Å²) in [5.74, 6) is 0.924. The van der Waals surface area contributed by atoms with E-state index in [0.29, 0.717) is 29.1 Å². The Kier molecular flexibility index (Phi) is 4.94. The van der Waals surface area contributed by atoms with Crippen molar-refractivity contribution in [2.45, 2.75) is 26.7 Å². The summed E-state index contributed by atoms with van der Waals surface area (Å²) in [5.41, 5.74) is 3.11. The predicted molar refractivity (Wildman–Crippen MR) is 104 cm³/mol. The number of carbonyl (C=O) groups excluding carboxylic acids is 1. The number of nitrogens with one attached hydrogen (secondary N) is 2. The molecule has 0 saturated carbocycles. The Morgan fingerprint density at radius 3 is 2.79 bits per heavy atom. The van der Waals surface area contributed by atoms with Crippen LogP contribution in [0.25, 0.3) is 22.9 Å². The first-order chi connectivity index (χ1) is 13.6. The lowest BCUT2D eigenvalue weighted by atomic mass is 10.1. The lowest BCUT2D eigenvalue weighted by Crippen LogP contribution is -2.12. The van der Waals surface area contributed by atoms with E-state index in [9.17, 15) is 4.79 Å². The number of benzene rings is 1. The Balaban J connectivity index is 1.36. The zero-order valence-corrected chi connectivity index (χ0v) is 16.1. The van der Waals surface area contributed by atoms with Crippen molar-refractivity contribution in [1.82, 2.24) is 30.3 Å². The molecule has 0 bridgehead atoms. The van der Waals surface area contributed by atoms with Gasteiger partial charge in [-0.25, -0.2) is 9.97 Å². The van der Waals surface area contributed by atoms with Crippen molar-refractivity contribution >= 4 is 22.4 Å². The summed E-state index contributed by atoms with van der Waals surface area (Å²) in [5, 5.41) is 13.6. The molecule has 1 amide bonds. The molecular weight excluding hydrogens is 378 g/mol. The molecule has 4 rings (SSSR count). The van der Waals surface area contributed by atoms with Crippen LogP contribution >= 0.6 is 11.3 Å². The van der Waals surface area contributed by atoms with Crippen molar-refractivity contribution in [2.24, 2.45) is 0 Å². The SMILES string of the molecule is Cc1ccc(-c2nc(NC(=O)CCc3nc(-c4ncn[nH]4)no3)sc2C)cc1. The van der Waals surface area contributed by atoms with Gasteiger partial charge in [0.15, 0.2) is 11.0 Å².